The molecule has 3 heterocycles. The van der Waals surface area contributed by atoms with Gasteiger partial charge in [-0.05, 0) is 51.7 Å². The molecule has 134 valence electrons. The average molecular weight is 344 g/mol. The maximum Gasteiger partial charge on any atom is 0.311 e. The van der Waals surface area contributed by atoms with Gasteiger partial charge in [0.05, 0.1) is 18.1 Å². The van der Waals surface area contributed by atoms with Crippen LogP contribution in [0.1, 0.15) is 32.5 Å². The summed E-state index contributed by atoms with van der Waals surface area (Å²) in [7, 11) is 1.44. The lowest BCUT2D eigenvalue weighted by Gasteiger charge is -2.40. The van der Waals surface area contributed by atoms with Gasteiger partial charge in [-0.15, -0.1) is 0 Å². The predicted molar refractivity (Wildman–Crippen MR) is 93.0 cm³/mol. The minimum absolute atomic E-state index is 0.173. The smallest absolute Gasteiger partial charge is 0.311 e. The maximum atomic E-state index is 12.2. The van der Waals surface area contributed by atoms with Crippen molar-refractivity contribution in [3.8, 4) is 11.5 Å². The molecular formula is C18H24N4O3. The van der Waals surface area contributed by atoms with Gasteiger partial charge in [0.15, 0.2) is 5.82 Å². The van der Waals surface area contributed by atoms with Crippen LogP contribution in [0.4, 0.5) is 5.82 Å². The van der Waals surface area contributed by atoms with E-state index in [4.69, 9.17) is 9.26 Å². The van der Waals surface area contributed by atoms with E-state index in [0.717, 1.165) is 37.3 Å². The largest absolute Gasteiger partial charge is 0.469 e. The highest BCUT2D eigenvalue weighted by Crippen LogP contribution is 2.38. The Morgan fingerprint density at radius 3 is 2.92 bits per heavy atom. The van der Waals surface area contributed by atoms with E-state index >= 15 is 0 Å². The molecule has 0 N–H and O–H groups in total. The molecule has 2 aromatic heterocycles. The Kier molecular flexibility index (Phi) is 4.74. The number of hydrogen-bond donors (Lipinski definition) is 0. The third-order valence-corrected chi connectivity index (χ3v) is 5.00. The van der Waals surface area contributed by atoms with Crippen LogP contribution in [0.5, 0.6) is 0 Å². The summed E-state index contributed by atoms with van der Waals surface area (Å²) in [4.78, 5) is 23.3. The van der Waals surface area contributed by atoms with Gasteiger partial charge in [0.2, 0.25) is 0 Å². The van der Waals surface area contributed by atoms with Crippen molar-refractivity contribution in [3.05, 3.63) is 24.2 Å². The molecule has 1 fully saturated rings. The summed E-state index contributed by atoms with van der Waals surface area (Å²) >= 11 is 0. The van der Waals surface area contributed by atoms with Crippen LogP contribution in [0.2, 0.25) is 0 Å². The van der Waals surface area contributed by atoms with Crippen LogP contribution in [0.3, 0.4) is 0 Å². The summed E-state index contributed by atoms with van der Waals surface area (Å²) < 4.78 is 10.3. The number of carbonyl (C=O) groups is 1. The van der Waals surface area contributed by atoms with E-state index in [2.05, 4.69) is 20.0 Å². The van der Waals surface area contributed by atoms with Crippen molar-refractivity contribution in [2.45, 2.75) is 33.6 Å². The van der Waals surface area contributed by atoms with Crippen molar-refractivity contribution in [1.29, 1.82) is 0 Å². The van der Waals surface area contributed by atoms with Gasteiger partial charge in [-0.2, -0.15) is 4.98 Å². The van der Waals surface area contributed by atoms with Crippen molar-refractivity contribution in [3.63, 3.8) is 0 Å². The molecule has 1 atom stereocenters. The molecule has 1 aliphatic heterocycles. The third-order valence-electron chi connectivity index (χ3n) is 5.00. The zero-order valence-corrected chi connectivity index (χ0v) is 15.2. The first-order chi connectivity index (χ1) is 11.9. The number of hydrogen-bond acceptors (Lipinski definition) is 7. The van der Waals surface area contributed by atoms with Crippen molar-refractivity contribution in [2.24, 2.45) is 11.3 Å². The normalized spacial score (nSPS) is 18.2. The number of aryl methyl sites for hydroxylation is 1. The number of ether oxygens (including phenoxy) is 1. The molecular weight excluding hydrogens is 320 g/mol. The first-order valence-electron chi connectivity index (χ1n) is 8.52. The van der Waals surface area contributed by atoms with Gasteiger partial charge in [0.1, 0.15) is 5.82 Å². The molecule has 1 saturated heterocycles. The van der Waals surface area contributed by atoms with Crippen LogP contribution in [-0.2, 0) is 9.53 Å². The van der Waals surface area contributed by atoms with Gasteiger partial charge in [-0.25, -0.2) is 4.98 Å². The Labute approximate surface area is 147 Å². The Bertz CT molecular complexity index is 756. The van der Waals surface area contributed by atoms with E-state index in [0.29, 0.717) is 11.7 Å². The van der Waals surface area contributed by atoms with E-state index in [-0.39, 0.29) is 11.9 Å². The molecule has 0 amide bonds. The second-order valence-electron chi connectivity index (χ2n) is 7.02. The number of esters is 1. The van der Waals surface area contributed by atoms with Gasteiger partial charge in [0.25, 0.3) is 5.89 Å². The van der Waals surface area contributed by atoms with E-state index in [1.54, 1.807) is 13.1 Å². The SMILES string of the molecule is COC(=O)C(C)(C)C1CCCN(c2ncccc2-c2nc(C)no2)C1. The minimum atomic E-state index is -0.538. The lowest BCUT2D eigenvalue weighted by Crippen LogP contribution is -2.45. The third kappa shape index (κ3) is 3.36. The van der Waals surface area contributed by atoms with Crippen molar-refractivity contribution in [1.82, 2.24) is 15.1 Å². The number of methoxy groups -OCH3 is 1. The van der Waals surface area contributed by atoms with Crippen LogP contribution < -0.4 is 4.90 Å². The summed E-state index contributed by atoms with van der Waals surface area (Å²) in [6, 6.07) is 3.79. The first kappa shape index (κ1) is 17.4. The van der Waals surface area contributed by atoms with E-state index in [1.807, 2.05) is 26.0 Å². The molecule has 7 nitrogen and oxygen atoms in total. The Hall–Kier alpha value is -2.44. The summed E-state index contributed by atoms with van der Waals surface area (Å²) in [6.45, 7) is 7.31. The zero-order valence-electron chi connectivity index (χ0n) is 15.2. The molecule has 0 aliphatic carbocycles. The number of nitrogens with zero attached hydrogens (tertiary/aromatic N) is 4. The summed E-state index contributed by atoms with van der Waals surface area (Å²) in [5.74, 6) is 1.89. The molecule has 0 aromatic carbocycles. The lowest BCUT2D eigenvalue weighted by atomic mass is 9.74. The summed E-state index contributed by atoms with van der Waals surface area (Å²) in [5, 5.41) is 3.87. The van der Waals surface area contributed by atoms with Gasteiger partial charge in [-0.1, -0.05) is 5.16 Å². The van der Waals surface area contributed by atoms with Crippen molar-refractivity contribution >= 4 is 11.8 Å². The summed E-state index contributed by atoms with van der Waals surface area (Å²) in [6.07, 6.45) is 3.74. The van der Waals surface area contributed by atoms with Crippen molar-refractivity contribution < 1.29 is 14.1 Å². The Morgan fingerprint density at radius 2 is 2.24 bits per heavy atom. The standard InChI is InChI=1S/C18H24N4O3/c1-12-20-16(25-21-12)14-8-5-9-19-15(14)22-10-6-7-13(11-22)18(2,3)17(23)24-4/h5,8-9,13H,6-7,10-11H2,1-4H3. The topological polar surface area (TPSA) is 81.4 Å². The highest BCUT2D eigenvalue weighted by atomic mass is 16.5. The number of rotatable bonds is 4. The van der Waals surface area contributed by atoms with Crippen LogP contribution in [0.25, 0.3) is 11.5 Å². The highest BCUT2D eigenvalue weighted by Gasteiger charge is 2.40. The first-order valence-corrected chi connectivity index (χ1v) is 8.52. The number of aromatic nitrogens is 3. The second kappa shape index (κ2) is 6.82. The molecule has 0 radical (unpaired) electrons. The molecule has 2 aromatic rings. The Morgan fingerprint density at radius 1 is 1.44 bits per heavy atom. The highest BCUT2D eigenvalue weighted by molar-refractivity contribution is 5.76. The second-order valence-corrected chi connectivity index (χ2v) is 7.02. The molecule has 3 rings (SSSR count). The number of carbonyl (C=O) groups excluding carboxylic acids is 1. The Balaban J connectivity index is 1.89. The van der Waals surface area contributed by atoms with Crippen LogP contribution in [0.15, 0.2) is 22.9 Å². The average Bonchev–Trinajstić information content (AvgIpc) is 3.07. The fourth-order valence-corrected chi connectivity index (χ4v) is 3.41. The van der Waals surface area contributed by atoms with Gasteiger partial charge < -0.3 is 14.2 Å². The van der Waals surface area contributed by atoms with Crippen LogP contribution in [0, 0.1) is 18.3 Å². The van der Waals surface area contributed by atoms with Crippen LogP contribution in [-0.4, -0.2) is 41.3 Å². The van der Waals surface area contributed by atoms with Gasteiger partial charge in [0, 0.05) is 19.3 Å². The van der Waals surface area contributed by atoms with Gasteiger partial charge >= 0.3 is 5.97 Å². The monoisotopic (exact) mass is 344 g/mol. The van der Waals surface area contributed by atoms with E-state index < -0.39 is 5.41 Å². The number of anilines is 1. The predicted octanol–water partition coefficient (Wildman–Crippen LogP) is 2.86. The fraction of sp³-hybridized carbons (Fsp3) is 0.556. The quantitative estimate of drug-likeness (QED) is 0.789. The maximum absolute atomic E-state index is 12.2. The summed E-state index contributed by atoms with van der Waals surface area (Å²) in [5.41, 5.74) is 0.281. The van der Waals surface area contributed by atoms with Gasteiger partial charge in [-0.3, -0.25) is 4.79 Å². The fourth-order valence-electron chi connectivity index (χ4n) is 3.41. The molecule has 7 heteroatoms. The molecule has 0 spiro atoms. The van der Waals surface area contributed by atoms with E-state index in [1.165, 1.54) is 7.11 Å². The molecule has 1 aliphatic rings. The molecule has 1 unspecified atom stereocenters. The molecule has 0 bridgehead atoms. The zero-order chi connectivity index (χ0) is 18.0. The van der Waals surface area contributed by atoms with Crippen molar-refractivity contribution in [2.75, 3.05) is 25.1 Å². The van der Waals surface area contributed by atoms with Crippen LogP contribution >= 0.6 is 0 Å². The molecule has 25 heavy (non-hydrogen) atoms. The van der Waals surface area contributed by atoms with E-state index in [9.17, 15) is 4.79 Å². The minimum Gasteiger partial charge on any atom is -0.469 e. The molecule has 0 saturated carbocycles. The number of piperidine rings is 1. The lowest BCUT2D eigenvalue weighted by molar-refractivity contribution is -0.154. The number of pyridine rings is 1.